The lowest BCUT2D eigenvalue weighted by Crippen LogP contribution is -2.42. The van der Waals surface area contributed by atoms with E-state index in [4.69, 9.17) is 9.47 Å². The van der Waals surface area contributed by atoms with Gasteiger partial charge in [0.25, 0.3) is 0 Å². The lowest BCUT2D eigenvalue weighted by Gasteiger charge is -2.25. The normalized spacial score (nSPS) is 14.1. The molecule has 110 valence electrons. The molecule has 6 heteroatoms. The van der Waals surface area contributed by atoms with Crippen molar-refractivity contribution in [2.24, 2.45) is 0 Å². The van der Waals surface area contributed by atoms with Gasteiger partial charge < -0.3 is 14.8 Å². The van der Waals surface area contributed by atoms with Crippen molar-refractivity contribution in [3.63, 3.8) is 0 Å². The minimum Gasteiger partial charge on any atom is -0.354 e. The summed E-state index contributed by atoms with van der Waals surface area (Å²) >= 11 is 0. The minimum absolute atomic E-state index is 0.0343. The topological polar surface area (TPSA) is 64.6 Å². The highest BCUT2D eigenvalue weighted by Crippen LogP contribution is 2.08. The second kappa shape index (κ2) is 9.72. The van der Waals surface area contributed by atoms with Gasteiger partial charge in [-0.15, -0.1) is 0 Å². The van der Waals surface area contributed by atoms with E-state index in [2.05, 4.69) is 12.2 Å². The Hall–Kier alpha value is -0.170. The van der Waals surface area contributed by atoms with Crippen molar-refractivity contribution in [3.05, 3.63) is 0 Å². The van der Waals surface area contributed by atoms with E-state index >= 15 is 0 Å². The summed E-state index contributed by atoms with van der Waals surface area (Å²) in [5.74, 6) is 0.437. The fourth-order valence-electron chi connectivity index (χ4n) is 1.76. The maximum Gasteiger partial charge on any atom is 0.171 e. The summed E-state index contributed by atoms with van der Waals surface area (Å²) in [5.41, 5.74) is 0. The first-order chi connectivity index (χ1) is 8.50. The number of sulfone groups is 1. The Morgan fingerprint density at radius 2 is 1.78 bits per heavy atom. The lowest BCUT2D eigenvalue weighted by molar-refractivity contribution is -0.124. The summed E-state index contributed by atoms with van der Waals surface area (Å²) in [7, 11) is 0.305. The molecule has 0 heterocycles. The molecule has 0 saturated heterocycles. The van der Waals surface area contributed by atoms with Gasteiger partial charge in [-0.05, 0) is 25.8 Å². The molecule has 0 aromatic carbocycles. The van der Waals surface area contributed by atoms with Crippen LogP contribution in [0.5, 0.6) is 0 Å². The molecule has 0 aromatic rings. The Morgan fingerprint density at radius 1 is 1.17 bits per heavy atom. The third kappa shape index (κ3) is 7.31. The van der Waals surface area contributed by atoms with E-state index < -0.39 is 9.84 Å². The molecule has 0 bridgehead atoms. The van der Waals surface area contributed by atoms with Crippen molar-refractivity contribution >= 4 is 9.84 Å². The van der Waals surface area contributed by atoms with Gasteiger partial charge >= 0.3 is 0 Å². The second-order valence-corrected chi connectivity index (χ2v) is 6.75. The second-order valence-electron chi connectivity index (χ2n) is 4.28. The van der Waals surface area contributed by atoms with Crippen LogP contribution in [0.15, 0.2) is 0 Å². The molecular weight excluding hydrogens is 254 g/mol. The average molecular weight is 281 g/mol. The largest absolute Gasteiger partial charge is 0.354 e. The average Bonchev–Trinajstić information content (AvgIpc) is 2.36. The van der Waals surface area contributed by atoms with Gasteiger partial charge in [-0.1, -0.05) is 13.8 Å². The van der Waals surface area contributed by atoms with Gasteiger partial charge in [0.1, 0.15) is 9.84 Å². The van der Waals surface area contributed by atoms with Crippen LogP contribution in [-0.4, -0.2) is 53.0 Å². The zero-order valence-electron chi connectivity index (χ0n) is 11.9. The molecule has 0 spiro atoms. The number of nitrogens with one attached hydrogen (secondary N) is 1. The number of hydrogen-bond donors (Lipinski definition) is 1. The van der Waals surface area contributed by atoms with Crippen LogP contribution in [0, 0.1) is 0 Å². The molecule has 0 aliphatic heterocycles. The molecule has 0 amide bonds. The number of methoxy groups -OCH3 is 2. The Morgan fingerprint density at radius 3 is 2.22 bits per heavy atom. The third-order valence-corrected chi connectivity index (χ3v) is 4.65. The van der Waals surface area contributed by atoms with Crippen LogP contribution in [0.3, 0.4) is 0 Å². The first-order valence-corrected chi connectivity index (χ1v) is 8.32. The molecule has 1 unspecified atom stereocenters. The summed E-state index contributed by atoms with van der Waals surface area (Å²) in [5, 5.41) is 3.33. The van der Waals surface area contributed by atoms with Crippen molar-refractivity contribution in [2.45, 2.75) is 45.4 Å². The van der Waals surface area contributed by atoms with Crippen LogP contribution in [0.2, 0.25) is 0 Å². The van der Waals surface area contributed by atoms with Gasteiger partial charge in [-0.2, -0.15) is 0 Å². The highest BCUT2D eigenvalue weighted by atomic mass is 32.2. The summed E-state index contributed by atoms with van der Waals surface area (Å²) < 4.78 is 33.3. The molecule has 5 nitrogen and oxygen atoms in total. The molecular formula is C12H27NO4S. The molecule has 0 aliphatic rings. The fourth-order valence-corrected chi connectivity index (χ4v) is 2.65. The maximum atomic E-state index is 11.4. The fraction of sp³-hybridized carbons (Fsp3) is 1.00. The number of rotatable bonds is 11. The molecule has 0 rings (SSSR count). The molecule has 1 N–H and O–H groups in total. The number of ether oxygens (including phenoxy) is 2. The standard InChI is InChI=1S/C12H27NO4S/c1-5-9-13-11(12(16-3)17-4)8-7-10-18(14,15)6-2/h11-13H,5-10H2,1-4H3. The molecule has 0 aromatic heterocycles. The minimum atomic E-state index is -2.88. The first kappa shape index (κ1) is 17.8. The van der Waals surface area contributed by atoms with E-state index in [-0.39, 0.29) is 23.8 Å². The lowest BCUT2D eigenvalue weighted by atomic mass is 10.1. The van der Waals surface area contributed by atoms with Crippen molar-refractivity contribution in [2.75, 3.05) is 32.3 Å². The maximum absolute atomic E-state index is 11.4. The zero-order valence-corrected chi connectivity index (χ0v) is 12.8. The Bertz CT molecular complexity index is 288. The quantitative estimate of drug-likeness (QED) is 0.576. The van der Waals surface area contributed by atoms with Gasteiger partial charge in [0.05, 0.1) is 11.8 Å². The zero-order chi connectivity index (χ0) is 14.0. The molecule has 0 saturated carbocycles. The van der Waals surface area contributed by atoms with Crippen molar-refractivity contribution in [1.82, 2.24) is 5.32 Å². The van der Waals surface area contributed by atoms with Crippen molar-refractivity contribution in [3.8, 4) is 0 Å². The van der Waals surface area contributed by atoms with Gasteiger partial charge in [-0.3, -0.25) is 0 Å². The summed E-state index contributed by atoms with van der Waals surface area (Å²) in [6, 6.07) is 0.0343. The molecule has 1 atom stereocenters. The predicted octanol–water partition coefficient (Wildman–Crippen LogP) is 1.19. The van der Waals surface area contributed by atoms with Crippen LogP contribution in [0.25, 0.3) is 0 Å². The summed E-state index contributed by atoms with van der Waals surface area (Å²) in [4.78, 5) is 0. The van der Waals surface area contributed by atoms with Crippen LogP contribution < -0.4 is 5.32 Å². The van der Waals surface area contributed by atoms with Gasteiger partial charge in [0.15, 0.2) is 6.29 Å². The first-order valence-electron chi connectivity index (χ1n) is 6.50. The van der Waals surface area contributed by atoms with E-state index in [1.807, 2.05) is 0 Å². The highest BCUT2D eigenvalue weighted by Gasteiger charge is 2.20. The Balaban J connectivity index is 4.23. The van der Waals surface area contributed by atoms with Crippen LogP contribution in [-0.2, 0) is 19.3 Å². The van der Waals surface area contributed by atoms with Crippen molar-refractivity contribution < 1.29 is 17.9 Å². The van der Waals surface area contributed by atoms with E-state index in [9.17, 15) is 8.42 Å². The highest BCUT2D eigenvalue weighted by molar-refractivity contribution is 7.91. The molecule has 0 fully saturated rings. The van der Waals surface area contributed by atoms with Crippen molar-refractivity contribution in [1.29, 1.82) is 0 Å². The summed E-state index contributed by atoms with van der Waals surface area (Å²) in [6.07, 6.45) is 2.04. The van der Waals surface area contributed by atoms with E-state index in [1.54, 1.807) is 21.1 Å². The molecule has 18 heavy (non-hydrogen) atoms. The molecule has 0 aliphatic carbocycles. The van der Waals surface area contributed by atoms with Crippen LogP contribution in [0.1, 0.15) is 33.1 Å². The van der Waals surface area contributed by atoms with E-state index in [1.165, 1.54) is 0 Å². The van der Waals surface area contributed by atoms with E-state index in [0.29, 0.717) is 6.42 Å². The molecule has 0 radical (unpaired) electrons. The van der Waals surface area contributed by atoms with Gasteiger partial charge in [-0.25, -0.2) is 8.42 Å². The third-order valence-electron chi connectivity index (χ3n) is 2.86. The monoisotopic (exact) mass is 281 g/mol. The van der Waals surface area contributed by atoms with Gasteiger partial charge in [0, 0.05) is 20.0 Å². The van der Waals surface area contributed by atoms with Crippen LogP contribution >= 0.6 is 0 Å². The predicted molar refractivity (Wildman–Crippen MR) is 73.4 cm³/mol. The smallest absolute Gasteiger partial charge is 0.171 e. The SMILES string of the molecule is CCCNC(CCCS(=O)(=O)CC)C(OC)OC. The number of hydrogen-bond acceptors (Lipinski definition) is 5. The van der Waals surface area contributed by atoms with Gasteiger partial charge in [0.2, 0.25) is 0 Å². The Kier molecular flexibility index (Phi) is 9.63. The van der Waals surface area contributed by atoms with Crippen LogP contribution in [0.4, 0.5) is 0 Å². The summed E-state index contributed by atoms with van der Waals surface area (Å²) in [6.45, 7) is 4.63. The Labute approximate surface area is 111 Å². The van der Waals surface area contributed by atoms with E-state index in [0.717, 1.165) is 19.4 Å².